The molecule has 2 heteroatoms. The SMILES string of the molecule is C[Se][C@]1(C)CC(I)C[C@H](c2ccccc2)C1. The summed E-state index contributed by atoms with van der Waals surface area (Å²) >= 11 is 3.43. The molecule has 1 aromatic rings. The molecule has 0 N–H and O–H groups in total. The Balaban J connectivity index is 2.17. The first-order valence-corrected chi connectivity index (χ1v) is 9.69. The van der Waals surface area contributed by atoms with Crippen molar-refractivity contribution in [1.29, 1.82) is 0 Å². The van der Waals surface area contributed by atoms with Gasteiger partial charge in [0.1, 0.15) is 0 Å². The molecule has 0 radical (unpaired) electrons. The summed E-state index contributed by atoms with van der Waals surface area (Å²) in [5, 5.41) is 0. The minimum absolute atomic E-state index is 0.623. The van der Waals surface area contributed by atoms with Crippen LogP contribution in [0.3, 0.4) is 0 Å². The van der Waals surface area contributed by atoms with Gasteiger partial charge in [-0.2, -0.15) is 0 Å². The van der Waals surface area contributed by atoms with Crippen molar-refractivity contribution in [1.82, 2.24) is 0 Å². The molecule has 1 saturated carbocycles. The van der Waals surface area contributed by atoms with Crippen LogP contribution >= 0.6 is 22.6 Å². The van der Waals surface area contributed by atoms with Gasteiger partial charge < -0.3 is 0 Å². The molecule has 0 spiro atoms. The molecular formula is C14H19ISe. The molecule has 1 aromatic carbocycles. The predicted octanol–water partition coefficient (Wildman–Crippen LogP) is 4.69. The Bertz CT molecular complexity index is 338. The summed E-state index contributed by atoms with van der Waals surface area (Å²) in [5.41, 5.74) is 1.55. The van der Waals surface area contributed by atoms with E-state index in [2.05, 4.69) is 65.7 Å². The zero-order chi connectivity index (χ0) is 11.6. The van der Waals surface area contributed by atoms with Crippen LogP contribution in [0.2, 0.25) is 10.1 Å². The molecule has 0 aliphatic heterocycles. The average Bonchev–Trinajstić information content (AvgIpc) is 2.29. The van der Waals surface area contributed by atoms with E-state index in [0.29, 0.717) is 4.31 Å². The fourth-order valence-corrected chi connectivity index (χ4v) is 6.50. The van der Waals surface area contributed by atoms with Crippen molar-refractivity contribution < 1.29 is 0 Å². The Morgan fingerprint density at radius 1 is 1.25 bits per heavy atom. The van der Waals surface area contributed by atoms with Gasteiger partial charge in [0, 0.05) is 0 Å². The molecule has 16 heavy (non-hydrogen) atoms. The standard InChI is InChI=1S/C14H19ISe/c1-14(16-2)9-12(8-13(15)10-14)11-6-4-3-5-7-11/h3-7,12-13H,8-10H2,1-2H3/t12-,13?,14-/m0/s1. The zero-order valence-corrected chi connectivity index (χ0v) is 13.8. The minimum atomic E-state index is 0.623. The van der Waals surface area contributed by atoms with Crippen LogP contribution in [0.5, 0.6) is 0 Å². The van der Waals surface area contributed by atoms with E-state index in [1.54, 1.807) is 5.56 Å². The maximum absolute atomic E-state index is 2.66. The van der Waals surface area contributed by atoms with Crippen LogP contribution in [0, 0.1) is 0 Å². The van der Waals surface area contributed by atoms with Gasteiger partial charge in [-0.25, -0.2) is 0 Å². The van der Waals surface area contributed by atoms with Crippen molar-refractivity contribution >= 4 is 37.5 Å². The Hall–Kier alpha value is 0.469. The van der Waals surface area contributed by atoms with Gasteiger partial charge in [-0.05, 0) is 0 Å². The first kappa shape index (κ1) is 12.9. The molecule has 1 aliphatic carbocycles. The fourth-order valence-electron chi connectivity index (χ4n) is 2.69. The summed E-state index contributed by atoms with van der Waals surface area (Å²) in [5.74, 6) is 3.20. The molecule has 0 nitrogen and oxygen atoms in total. The molecule has 0 amide bonds. The van der Waals surface area contributed by atoms with Crippen molar-refractivity contribution in [3.8, 4) is 0 Å². The molecule has 88 valence electrons. The van der Waals surface area contributed by atoms with Crippen molar-refractivity contribution in [3.05, 3.63) is 35.9 Å². The fraction of sp³-hybridized carbons (Fsp3) is 0.571. The molecular weight excluding hydrogens is 374 g/mol. The van der Waals surface area contributed by atoms with Crippen LogP contribution in [0.4, 0.5) is 0 Å². The van der Waals surface area contributed by atoms with Crippen LogP contribution in [-0.2, 0) is 0 Å². The van der Waals surface area contributed by atoms with Gasteiger partial charge in [-0.15, -0.1) is 0 Å². The second-order valence-corrected chi connectivity index (χ2v) is 9.69. The molecule has 1 aliphatic rings. The van der Waals surface area contributed by atoms with Crippen molar-refractivity contribution in [2.75, 3.05) is 0 Å². The van der Waals surface area contributed by atoms with Crippen LogP contribution in [-0.4, -0.2) is 18.9 Å². The van der Waals surface area contributed by atoms with Gasteiger partial charge in [-0.3, -0.25) is 0 Å². The summed E-state index contributed by atoms with van der Waals surface area (Å²) in [6.45, 7) is 2.49. The van der Waals surface area contributed by atoms with E-state index in [1.807, 2.05) is 0 Å². The van der Waals surface area contributed by atoms with Gasteiger partial charge in [0.15, 0.2) is 0 Å². The normalized spacial score (nSPS) is 34.9. The molecule has 0 bridgehead atoms. The second-order valence-electron chi connectivity index (χ2n) is 5.00. The summed E-state index contributed by atoms with van der Waals surface area (Å²) in [6.07, 6.45) is 4.19. The van der Waals surface area contributed by atoms with Gasteiger partial charge >= 0.3 is 120 Å². The van der Waals surface area contributed by atoms with E-state index in [0.717, 1.165) is 24.8 Å². The summed E-state index contributed by atoms with van der Waals surface area (Å²) in [7, 11) is 0. The van der Waals surface area contributed by atoms with Crippen molar-refractivity contribution in [3.63, 3.8) is 0 Å². The van der Waals surface area contributed by atoms with Gasteiger partial charge in [-0.1, -0.05) is 0 Å². The summed E-state index contributed by atoms with van der Waals surface area (Å²) < 4.78 is 1.49. The Kier molecular flexibility index (Phi) is 4.37. The van der Waals surface area contributed by atoms with E-state index in [-0.39, 0.29) is 0 Å². The van der Waals surface area contributed by atoms with Gasteiger partial charge in [0.25, 0.3) is 0 Å². The molecule has 0 aromatic heterocycles. The third-order valence-electron chi connectivity index (χ3n) is 3.64. The Morgan fingerprint density at radius 2 is 1.94 bits per heavy atom. The topological polar surface area (TPSA) is 0 Å². The maximum atomic E-state index is 2.66. The zero-order valence-electron chi connectivity index (χ0n) is 9.95. The number of rotatable bonds is 2. The van der Waals surface area contributed by atoms with E-state index in [4.69, 9.17) is 0 Å². The quantitative estimate of drug-likeness (QED) is 0.389. The Morgan fingerprint density at radius 3 is 2.56 bits per heavy atom. The monoisotopic (exact) mass is 394 g/mol. The average molecular weight is 393 g/mol. The molecule has 2 rings (SSSR count). The number of benzene rings is 1. The third kappa shape index (κ3) is 3.02. The van der Waals surface area contributed by atoms with Crippen molar-refractivity contribution in [2.24, 2.45) is 0 Å². The van der Waals surface area contributed by atoms with Crippen LogP contribution in [0.1, 0.15) is 37.7 Å². The second kappa shape index (κ2) is 5.41. The number of hydrogen-bond donors (Lipinski definition) is 0. The summed E-state index contributed by atoms with van der Waals surface area (Å²) in [4.78, 5) is 0. The number of hydrogen-bond acceptors (Lipinski definition) is 0. The molecule has 1 unspecified atom stereocenters. The number of halogens is 1. The summed E-state index contributed by atoms with van der Waals surface area (Å²) in [6, 6.07) is 11.1. The van der Waals surface area contributed by atoms with Gasteiger partial charge in [0.05, 0.1) is 0 Å². The molecule has 1 fully saturated rings. The molecule has 3 atom stereocenters. The van der Waals surface area contributed by atoms with Crippen molar-refractivity contribution in [2.45, 2.75) is 46.2 Å². The van der Waals surface area contributed by atoms with E-state index in [9.17, 15) is 0 Å². The van der Waals surface area contributed by atoms with E-state index in [1.165, 1.54) is 19.3 Å². The van der Waals surface area contributed by atoms with Crippen LogP contribution in [0.15, 0.2) is 30.3 Å². The van der Waals surface area contributed by atoms with E-state index >= 15 is 0 Å². The van der Waals surface area contributed by atoms with Gasteiger partial charge in [0.2, 0.25) is 0 Å². The van der Waals surface area contributed by atoms with E-state index < -0.39 is 0 Å². The predicted molar refractivity (Wildman–Crippen MR) is 80.8 cm³/mol. The molecule has 0 heterocycles. The van der Waals surface area contributed by atoms with Crippen LogP contribution in [0.25, 0.3) is 0 Å². The molecule has 0 saturated heterocycles. The van der Waals surface area contributed by atoms with Crippen LogP contribution < -0.4 is 0 Å². The number of alkyl halides is 1. The Labute approximate surface area is 119 Å². The first-order chi connectivity index (χ1) is 7.63. The first-order valence-electron chi connectivity index (χ1n) is 5.87. The third-order valence-corrected chi connectivity index (χ3v) is 7.35.